The van der Waals surface area contributed by atoms with Gasteiger partial charge >= 0.3 is 5.97 Å². The molecule has 4 N–H and O–H groups in total. The van der Waals surface area contributed by atoms with Gasteiger partial charge in [-0.1, -0.05) is 12.1 Å². The van der Waals surface area contributed by atoms with Gasteiger partial charge in [0.2, 0.25) is 5.91 Å². The number of anilines is 1. The molecule has 0 unspecified atom stereocenters. The van der Waals surface area contributed by atoms with Gasteiger partial charge in [0.15, 0.2) is 0 Å². The third-order valence-electron chi connectivity index (χ3n) is 2.61. The van der Waals surface area contributed by atoms with Crippen molar-refractivity contribution in [2.24, 2.45) is 0 Å². The fraction of sp³-hybridized carbons (Fsp3) is 0.385. The molecule has 0 bridgehead atoms. The van der Waals surface area contributed by atoms with E-state index in [0.29, 0.717) is 12.1 Å². The number of nitrogen functional groups attached to an aromatic ring is 1. The first-order valence-electron chi connectivity index (χ1n) is 5.70. The molecule has 0 aromatic heterocycles. The number of hydrogen-bond donors (Lipinski definition) is 3. The van der Waals surface area contributed by atoms with Crippen molar-refractivity contribution in [3.63, 3.8) is 0 Å². The minimum Gasteiger partial charge on any atom is -0.480 e. The number of nitrogens with one attached hydrogen (secondary N) is 1. The maximum Gasteiger partial charge on any atom is 0.328 e. The highest BCUT2D eigenvalue weighted by atomic mass is 16.4. The summed E-state index contributed by atoms with van der Waals surface area (Å²) in [6, 6.07) is 7.25. The van der Waals surface area contributed by atoms with Crippen molar-refractivity contribution in [3.05, 3.63) is 29.8 Å². The van der Waals surface area contributed by atoms with Crippen molar-refractivity contribution in [1.82, 2.24) is 5.32 Å². The number of carboxylic acids is 1. The molecular formula is C13H18N2O3. The van der Waals surface area contributed by atoms with Gasteiger partial charge in [-0.25, -0.2) is 4.79 Å². The smallest absolute Gasteiger partial charge is 0.328 e. The number of carboxylic acid groups (broad SMARTS) is 1. The second-order valence-corrected chi connectivity index (χ2v) is 4.72. The van der Waals surface area contributed by atoms with Crippen LogP contribution in [0.1, 0.15) is 25.8 Å². The monoisotopic (exact) mass is 250 g/mol. The lowest BCUT2D eigenvalue weighted by molar-refractivity contribution is -0.146. The molecule has 5 heteroatoms. The van der Waals surface area contributed by atoms with Crippen molar-refractivity contribution < 1.29 is 14.7 Å². The summed E-state index contributed by atoms with van der Waals surface area (Å²) in [5.74, 6) is -1.33. The van der Waals surface area contributed by atoms with Crippen molar-refractivity contribution in [1.29, 1.82) is 0 Å². The molecule has 1 aromatic rings. The molecule has 98 valence electrons. The van der Waals surface area contributed by atoms with Gasteiger partial charge in [0, 0.05) is 12.1 Å². The molecule has 1 rings (SSSR count). The summed E-state index contributed by atoms with van der Waals surface area (Å²) >= 11 is 0. The number of aryl methyl sites for hydroxylation is 1. The second-order valence-electron chi connectivity index (χ2n) is 4.72. The number of aliphatic carboxylic acids is 1. The molecule has 0 aliphatic rings. The highest BCUT2D eigenvalue weighted by molar-refractivity contribution is 5.86. The van der Waals surface area contributed by atoms with Gasteiger partial charge in [-0.05, 0) is 38.0 Å². The summed E-state index contributed by atoms with van der Waals surface area (Å²) in [5.41, 5.74) is 5.99. The van der Waals surface area contributed by atoms with Gasteiger partial charge in [-0.15, -0.1) is 0 Å². The van der Waals surface area contributed by atoms with Crippen LogP contribution >= 0.6 is 0 Å². The van der Waals surface area contributed by atoms with E-state index in [9.17, 15) is 9.59 Å². The van der Waals surface area contributed by atoms with Gasteiger partial charge in [0.25, 0.3) is 0 Å². The lowest BCUT2D eigenvalue weighted by atomic mass is 10.0. The number of nitrogens with two attached hydrogens (primary N) is 1. The van der Waals surface area contributed by atoms with E-state index in [4.69, 9.17) is 10.8 Å². The molecule has 0 aliphatic heterocycles. The average Bonchev–Trinajstić information content (AvgIpc) is 2.27. The van der Waals surface area contributed by atoms with Crippen LogP contribution in [0.15, 0.2) is 24.3 Å². The quantitative estimate of drug-likeness (QED) is 0.684. The lowest BCUT2D eigenvalue weighted by Gasteiger charge is -2.20. The summed E-state index contributed by atoms with van der Waals surface area (Å²) < 4.78 is 0. The predicted octanol–water partition coefficient (Wildman–Crippen LogP) is 1.18. The van der Waals surface area contributed by atoms with Crippen LogP contribution < -0.4 is 11.1 Å². The normalized spacial score (nSPS) is 11.0. The van der Waals surface area contributed by atoms with Crippen LogP contribution in [-0.2, 0) is 16.0 Å². The number of amides is 1. The van der Waals surface area contributed by atoms with E-state index in [1.54, 1.807) is 12.1 Å². The Morgan fingerprint density at radius 3 is 2.33 bits per heavy atom. The molecule has 0 spiro atoms. The third kappa shape index (κ3) is 4.08. The maximum atomic E-state index is 11.6. The van der Waals surface area contributed by atoms with Gasteiger partial charge in [-0.3, -0.25) is 4.79 Å². The fourth-order valence-corrected chi connectivity index (χ4v) is 1.41. The SMILES string of the molecule is CC(C)(NC(=O)CCc1ccc(N)cc1)C(=O)O. The molecule has 0 radical (unpaired) electrons. The molecule has 0 fully saturated rings. The Kier molecular flexibility index (Phi) is 4.31. The van der Waals surface area contributed by atoms with E-state index in [1.807, 2.05) is 12.1 Å². The van der Waals surface area contributed by atoms with E-state index in [0.717, 1.165) is 5.56 Å². The van der Waals surface area contributed by atoms with Gasteiger partial charge in [0.05, 0.1) is 0 Å². The molecule has 0 saturated heterocycles. The fourth-order valence-electron chi connectivity index (χ4n) is 1.41. The van der Waals surface area contributed by atoms with E-state index in [-0.39, 0.29) is 12.3 Å². The Morgan fingerprint density at radius 1 is 1.28 bits per heavy atom. The largest absolute Gasteiger partial charge is 0.480 e. The highest BCUT2D eigenvalue weighted by Crippen LogP contribution is 2.08. The van der Waals surface area contributed by atoms with E-state index >= 15 is 0 Å². The van der Waals surface area contributed by atoms with Crippen molar-refractivity contribution in [3.8, 4) is 0 Å². The lowest BCUT2D eigenvalue weighted by Crippen LogP contribution is -2.49. The zero-order valence-corrected chi connectivity index (χ0v) is 10.6. The van der Waals surface area contributed by atoms with Crippen molar-refractivity contribution >= 4 is 17.6 Å². The maximum absolute atomic E-state index is 11.6. The zero-order valence-electron chi connectivity index (χ0n) is 10.6. The van der Waals surface area contributed by atoms with Gasteiger partial charge < -0.3 is 16.2 Å². The van der Waals surface area contributed by atoms with Crippen molar-refractivity contribution in [2.75, 3.05) is 5.73 Å². The first kappa shape index (κ1) is 14.0. The first-order chi connectivity index (χ1) is 8.31. The molecule has 18 heavy (non-hydrogen) atoms. The number of carbonyl (C=O) groups excluding carboxylic acids is 1. The Bertz CT molecular complexity index is 438. The van der Waals surface area contributed by atoms with E-state index in [2.05, 4.69) is 5.32 Å². The Hall–Kier alpha value is -2.04. The molecule has 5 nitrogen and oxygen atoms in total. The van der Waals surface area contributed by atoms with Gasteiger partial charge in [-0.2, -0.15) is 0 Å². The topological polar surface area (TPSA) is 92.4 Å². The second kappa shape index (κ2) is 5.53. The molecule has 1 amide bonds. The first-order valence-corrected chi connectivity index (χ1v) is 5.70. The van der Waals surface area contributed by atoms with E-state index < -0.39 is 11.5 Å². The molecule has 0 aliphatic carbocycles. The summed E-state index contributed by atoms with van der Waals surface area (Å²) in [4.78, 5) is 22.4. The Morgan fingerprint density at radius 2 is 1.83 bits per heavy atom. The van der Waals surface area contributed by atoms with Gasteiger partial charge in [0.1, 0.15) is 5.54 Å². The van der Waals surface area contributed by atoms with Crippen LogP contribution in [0.5, 0.6) is 0 Å². The minimum atomic E-state index is -1.24. The summed E-state index contributed by atoms with van der Waals surface area (Å²) in [5, 5.41) is 11.4. The zero-order chi connectivity index (χ0) is 13.8. The van der Waals surface area contributed by atoms with Crippen LogP contribution in [0.4, 0.5) is 5.69 Å². The van der Waals surface area contributed by atoms with E-state index in [1.165, 1.54) is 13.8 Å². The Labute approximate surface area is 106 Å². The molecular weight excluding hydrogens is 232 g/mol. The van der Waals surface area contributed by atoms with Crippen LogP contribution in [0, 0.1) is 0 Å². The molecule has 0 saturated carbocycles. The average molecular weight is 250 g/mol. The summed E-state index contributed by atoms with van der Waals surface area (Å²) in [6.45, 7) is 2.91. The Balaban J connectivity index is 2.47. The molecule has 0 atom stereocenters. The van der Waals surface area contributed by atoms with Crippen LogP contribution in [0.2, 0.25) is 0 Å². The van der Waals surface area contributed by atoms with Crippen molar-refractivity contribution in [2.45, 2.75) is 32.2 Å². The van der Waals surface area contributed by atoms with Crippen LogP contribution in [0.25, 0.3) is 0 Å². The standard InChI is InChI=1S/C13H18N2O3/c1-13(2,12(17)18)15-11(16)8-5-9-3-6-10(14)7-4-9/h3-4,6-7H,5,8,14H2,1-2H3,(H,15,16)(H,17,18). The highest BCUT2D eigenvalue weighted by Gasteiger charge is 2.28. The molecule has 0 heterocycles. The number of carbonyl (C=O) groups is 2. The van der Waals surface area contributed by atoms with Crippen LogP contribution in [0.3, 0.4) is 0 Å². The number of benzene rings is 1. The minimum absolute atomic E-state index is 0.251. The predicted molar refractivity (Wildman–Crippen MR) is 69.0 cm³/mol. The number of hydrogen-bond acceptors (Lipinski definition) is 3. The van der Waals surface area contributed by atoms with Crippen LogP contribution in [-0.4, -0.2) is 22.5 Å². The number of rotatable bonds is 5. The summed E-state index contributed by atoms with van der Waals surface area (Å²) in [6.07, 6.45) is 0.808. The third-order valence-corrected chi connectivity index (χ3v) is 2.61. The summed E-state index contributed by atoms with van der Waals surface area (Å²) in [7, 11) is 0. The molecule has 1 aromatic carbocycles.